The van der Waals surface area contributed by atoms with Gasteiger partial charge in [0, 0.05) is 4.88 Å². The van der Waals surface area contributed by atoms with Crippen LogP contribution in [0, 0.1) is 13.8 Å². The molecular weight excluding hydrogens is 318 g/mol. The molecule has 3 rings (SSSR count). The van der Waals surface area contributed by atoms with Crippen LogP contribution in [0.5, 0.6) is 0 Å². The van der Waals surface area contributed by atoms with E-state index >= 15 is 0 Å². The number of nitrogens with zero attached hydrogens (tertiary/aromatic N) is 1. The summed E-state index contributed by atoms with van der Waals surface area (Å²) in [5, 5.41) is 2.04. The largest absolute Gasteiger partial charge is 0.468 e. The summed E-state index contributed by atoms with van der Waals surface area (Å²) in [6.07, 6.45) is 0. The fourth-order valence-corrected chi connectivity index (χ4v) is 4.93. The van der Waals surface area contributed by atoms with Gasteiger partial charge in [-0.25, -0.2) is 4.21 Å². The Labute approximate surface area is 136 Å². The van der Waals surface area contributed by atoms with Crippen molar-refractivity contribution in [3.63, 3.8) is 0 Å². The number of esters is 1. The summed E-state index contributed by atoms with van der Waals surface area (Å²) in [6.45, 7) is 4.00. The van der Waals surface area contributed by atoms with Crippen molar-refractivity contribution in [1.29, 1.82) is 0 Å². The van der Waals surface area contributed by atoms with Gasteiger partial charge in [-0.1, -0.05) is 17.7 Å². The van der Waals surface area contributed by atoms with E-state index in [0.717, 1.165) is 16.0 Å². The Morgan fingerprint density at radius 3 is 2.45 bits per heavy atom. The third kappa shape index (κ3) is 2.74. The molecule has 116 valence electrons. The van der Waals surface area contributed by atoms with Crippen LogP contribution in [0.4, 0.5) is 0 Å². The highest BCUT2D eigenvalue weighted by molar-refractivity contribution is 7.83. The third-order valence-corrected chi connectivity index (χ3v) is 6.29. The maximum atomic E-state index is 12.8. The molecule has 0 N–H and O–H groups in total. The lowest BCUT2D eigenvalue weighted by Crippen LogP contribution is -2.16. The molecule has 0 spiro atoms. The minimum absolute atomic E-state index is 0.159. The highest BCUT2D eigenvalue weighted by Crippen LogP contribution is 2.48. The molecule has 22 heavy (non-hydrogen) atoms. The Hall–Kier alpha value is -1.50. The maximum absolute atomic E-state index is 12.8. The number of hydrogen-bond donors (Lipinski definition) is 0. The number of hydrogen-bond acceptors (Lipinski definition) is 4. The van der Waals surface area contributed by atoms with E-state index in [0.29, 0.717) is 4.90 Å². The van der Waals surface area contributed by atoms with Crippen LogP contribution in [0.15, 0.2) is 40.6 Å². The summed E-state index contributed by atoms with van der Waals surface area (Å²) in [7, 11) is -0.00124. The molecule has 1 fully saturated rings. The highest BCUT2D eigenvalue weighted by Gasteiger charge is 2.58. The van der Waals surface area contributed by atoms with E-state index < -0.39 is 17.0 Å². The number of methoxy groups -OCH3 is 1. The summed E-state index contributed by atoms with van der Waals surface area (Å²) in [5.41, 5.74) is 2.26. The lowest BCUT2D eigenvalue weighted by Gasteiger charge is -2.04. The summed E-state index contributed by atoms with van der Waals surface area (Å²) in [5.74, 6) is -0.337. The molecule has 6 heteroatoms. The van der Waals surface area contributed by atoms with Crippen molar-refractivity contribution in [2.45, 2.75) is 30.8 Å². The summed E-state index contributed by atoms with van der Waals surface area (Å²) < 4.78 is 19.3. The van der Waals surface area contributed by atoms with Crippen LogP contribution in [-0.4, -0.2) is 27.6 Å². The van der Waals surface area contributed by atoms with E-state index in [-0.39, 0.29) is 12.0 Å². The normalized spacial score (nSPS) is 24.8. The summed E-state index contributed by atoms with van der Waals surface area (Å²) in [4.78, 5) is 13.7. The van der Waals surface area contributed by atoms with Gasteiger partial charge in [0.15, 0.2) is 0 Å². The van der Waals surface area contributed by atoms with Crippen molar-refractivity contribution >= 4 is 28.3 Å². The Balaban J connectivity index is 1.88. The van der Waals surface area contributed by atoms with E-state index in [1.54, 1.807) is 15.6 Å². The van der Waals surface area contributed by atoms with Gasteiger partial charge in [-0.2, -0.15) is 4.31 Å². The van der Waals surface area contributed by atoms with Crippen LogP contribution >= 0.6 is 11.3 Å². The average Bonchev–Trinajstić information content (AvgIpc) is 3.12. The van der Waals surface area contributed by atoms with Gasteiger partial charge in [0.2, 0.25) is 0 Å². The number of rotatable bonds is 4. The van der Waals surface area contributed by atoms with Crippen LogP contribution in [0.25, 0.3) is 0 Å². The second kappa shape index (κ2) is 5.95. The van der Waals surface area contributed by atoms with Crippen molar-refractivity contribution < 1.29 is 13.7 Å². The third-order valence-electron chi connectivity index (χ3n) is 3.66. The lowest BCUT2D eigenvalue weighted by molar-refractivity contribution is -0.140. The molecule has 2 unspecified atom stereocenters. The van der Waals surface area contributed by atoms with Gasteiger partial charge in [0.25, 0.3) is 0 Å². The van der Waals surface area contributed by atoms with Gasteiger partial charge in [0.1, 0.15) is 17.0 Å². The van der Waals surface area contributed by atoms with Crippen LogP contribution < -0.4 is 0 Å². The monoisotopic (exact) mass is 335 g/mol. The van der Waals surface area contributed by atoms with Crippen LogP contribution in [0.2, 0.25) is 0 Å². The fraction of sp³-hybridized carbons (Fsp3) is 0.312. The predicted octanol–water partition coefficient (Wildman–Crippen LogP) is 2.99. The van der Waals surface area contributed by atoms with Gasteiger partial charge >= 0.3 is 5.97 Å². The van der Waals surface area contributed by atoms with Crippen molar-refractivity contribution in [2.24, 2.45) is 0 Å². The first kappa shape index (κ1) is 15.4. The first-order valence-electron chi connectivity index (χ1n) is 6.92. The topological polar surface area (TPSA) is 46.4 Å². The molecule has 1 aromatic heterocycles. The number of carbonyl (C=O) groups is 1. The zero-order valence-electron chi connectivity index (χ0n) is 12.6. The minimum Gasteiger partial charge on any atom is -0.468 e. The van der Waals surface area contributed by atoms with E-state index in [2.05, 4.69) is 0 Å². The van der Waals surface area contributed by atoms with Crippen LogP contribution in [-0.2, 0) is 20.5 Å². The fourth-order valence-electron chi connectivity index (χ4n) is 2.44. The van der Waals surface area contributed by atoms with Crippen LogP contribution in [0.3, 0.4) is 0 Å². The molecule has 0 saturated carbocycles. The molecule has 0 aliphatic carbocycles. The van der Waals surface area contributed by atoms with E-state index in [4.69, 9.17) is 4.74 Å². The Morgan fingerprint density at radius 2 is 1.91 bits per heavy atom. The molecule has 2 heterocycles. The molecule has 1 aromatic carbocycles. The molecule has 0 radical (unpaired) electrons. The molecular formula is C16H17NO3S2. The summed E-state index contributed by atoms with van der Waals surface area (Å²) >= 11 is 1.59. The molecule has 0 amide bonds. The Kier molecular flexibility index (Phi) is 4.16. The summed E-state index contributed by atoms with van der Waals surface area (Å²) in [6, 6.07) is 8.95. The van der Waals surface area contributed by atoms with Gasteiger partial charge in [-0.05, 0) is 43.0 Å². The Bertz CT molecular complexity index is 723. The van der Waals surface area contributed by atoms with Gasteiger partial charge in [-0.15, -0.1) is 11.3 Å². The quantitative estimate of drug-likeness (QED) is 0.637. The number of aryl methyl sites for hydroxylation is 2. The minimum atomic E-state index is -1.37. The molecule has 4 nitrogen and oxygen atoms in total. The zero-order valence-corrected chi connectivity index (χ0v) is 14.2. The van der Waals surface area contributed by atoms with Crippen molar-refractivity contribution in [2.75, 3.05) is 7.11 Å². The first-order valence-corrected chi connectivity index (χ1v) is 8.91. The van der Waals surface area contributed by atoms with Gasteiger partial charge in [0.05, 0.1) is 18.0 Å². The maximum Gasteiger partial charge on any atom is 0.326 e. The smallest absolute Gasteiger partial charge is 0.326 e. The molecule has 1 aliphatic heterocycles. The van der Waals surface area contributed by atoms with Crippen molar-refractivity contribution in [3.05, 3.63) is 51.7 Å². The number of carbonyl (C=O) groups excluding carboxylic acids is 1. The second-order valence-electron chi connectivity index (χ2n) is 5.36. The molecule has 0 bridgehead atoms. The molecule has 2 aromatic rings. The van der Waals surface area contributed by atoms with Gasteiger partial charge in [-0.3, -0.25) is 4.79 Å². The lowest BCUT2D eigenvalue weighted by atomic mass is 10.2. The number of benzene rings is 1. The second-order valence-corrected chi connectivity index (χ2v) is 7.70. The highest BCUT2D eigenvalue weighted by atomic mass is 32.2. The number of thiophene rings is 1. The SMILES string of the molecule is COC(=O)[C@@H]1[C@@H](c2cc(C)cs2)N1S(=O)c1ccc(C)cc1. The van der Waals surface area contributed by atoms with E-state index in [9.17, 15) is 9.00 Å². The van der Waals surface area contributed by atoms with Crippen molar-refractivity contribution in [1.82, 2.24) is 4.31 Å². The van der Waals surface area contributed by atoms with E-state index in [1.807, 2.05) is 49.6 Å². The van der Waals surface area contributed by atoms with Gasteiger partial charge < -0.3 is 4.74 Å². The average molecular weight is 335 g/mol. The zero-order chi connectivity index (χ0) is 15.9. The Morgan fingerprint density at radius 1 is 1.23 bits per heavy atom. The first-order chi connectivity index (χ1) is 10.5. The van der Waals surface area contributed by atoms with E-state index in [1.165, 1.54) is 7.11 Å². The molecule has 1 aliphatic rings. The van der Waals surface area contributed by atoms with Crippen LogP contribution in [0.1, 0.15) is 22.0 Å². The molecule has 4 atom stereocenters. The number of ether oxygens (including phenoxy) is 1. The van der Waals surface area contributed by atoms with Crippen molar-refractivity contribution in [3.8, 4) is 0 Å². The predicted molar refractivity (Wildman–Crippen MR) is 87.0 cm³/mol. The molecule has 1 saturated heterocycles. The standard InChI is InChI=1S/C16H17NO3S2/c1-10-4-6-12(7-5-10)22(19)17-14(15(17)16(18)20-3)13-8-11(2)9-21-13/h4-9,14-15H,1-3H3/t14-,15+,17?,22?/m1/s1.